The Kier molecular flexibility index (Phi) is 3.31. The summed E-state index contributed by atoms with van der Waals surface area (Å²) >= 11 is 0. The lowest BCUT2D eigenvalue weighted by atomic mass is 10.0. The number of methoxy groups -OCH3 is 1. The zero-order valence-corrected chi connectivity index (χ0v) is 11.8. The van der Waals surface area contributed by atoms with Crippen LogP contribution in [0.15, 0.2) is 36.0 Å². The van der Waals surface area contributed by atoms with Gasteiger partial charge in [-0.1, -0.05) is 12.1 Å². The van der Waals surface area contributed by atoms with Crippen molar-refractivity contribution in [2.75, 3.05) is 12.4 Å². The molecule has 0 fully saturated rings. The Morgan fingerprint density at radius 3 is 2.50 bits per heavy atom. The van der Waals surface area contributed by atoms with Gasteiger partial charge in [0, 0.05) is 5.70 Å². The molecule has 0 amide bonds. The van der Waals surface area contributed by atoms with Gasteiger partial charge in [0.2, 0.25) is 5.95 Å². The van der Waals surface area contributed by atoms with Gasteiger partial charge in [-0.3, -0.25) is 0 Å². The monoisotopic (exact) mass is 310 g/mol. The number of hydrogen-bond acceptors (Lipinski definition) is 4. The maximum absolute atomic E-state index is 12.8. The molecule has 0 radical (unpaired) electrons. The predicted molar refractivity (Wildman–Crippen MR) is 73.5 cm³/mol. The third-order valence-electron chi connectivity index (χ3n) is 3.32. The van der Waals surface area contributed by atoms with Crippen LogP contribution < -0.4 is 10.1 Å². The molecule has 1 aromatic heterocycles. The maximum Gasteiger partial charge on any atom is 0.453 e. The molecule has 116 valence electrons. The molecule has 2 heterocycles. The molecular weight excluding hydrogens is 297 g/mol. The summed E-state index contributed by atoms with van der Waals surface area (Å²) in [7, 11) is 1.55. The van der Waals surface area contributed by atoms with E-state index in [-0.39, 0.29) is 5.95 Å². The average Bonchev–Trinajstić information content (AvgIpc) is 2.90. The Morgan fingerprint density at radius 1 is 1.23 bits per heavy atom. The van der Waals surface area contributed by atoms with E-state index < -0.39 is 18.0 Å². The van der Waals surface area contributed by atoms with E-state index in [9.17, 15) is 13.2 Å². The van der Waals surface area contributed by atoms with Crippen LogP contribution in [0, 0.1) is 0 Å². The molecule has 1 aliphatic rings. The fourth-order valence-electron chi connectivity index (χ4n) is 2.29. The van der Waals surface area contributed by atoms with Crippen LogP contribution in [0.2, 0.25) is 0 Å². The van der Waals surface area contributed by atoms with Crippen molar-refractivity contribution in [1.29, 1.82) is 0 Å². The van der Waals surface area contributed by atoms with Crippen molar-refractivity contribution in [3.05, 3.63) is 47.4 Å². The number of ether oxygens (including phenoxy) is 1. The Balaban J connectivity index is 2.04. The number of benzene rings is 1. The number of fused-ring (bicyclic) bond motifs is 1. The number of nitrogens with one attached hydrogen (secondary N) is 1. The van der Waals surface area contributed by atoms with Crippen molar-refractivity contribution in [2.24, 2.45) is 0 Å². The van der Waals surface area contributed by atoms with Crippen LogP contribution in [-0.2, 0) is 6.18 Å². The molecule has 1 unspecified atom stereocenters. The summed E-state index contributed by atoms with van der Waals surface area (Å²) in [6.07, 6.45) is -2.78. The second kappa shape index (κ2) is 5.04. The number of halogens is 3. The second-order valence-electron chi connectivity index (χ2n) is 4.89. The van der Waals surface area contributed by atoms with E-state index in [1.54, 1.807) is 44.4 Å². The quantitative estimate of drug-likeness (QED) is 0.925. The lowest BCUT2D eigenvalue weighted by molar-refractivity contribution is -0.145. The van der Waals surface area contributed by atoms with Gasteiger partial charge >= 0.3 is 6.18 Å². The highest BCUT2D eigenvalue weighted by molar-refractivity contribution is 5.43. The van der Waals surface area contributed by atoms with Crippen LogP contribution >= 0.6 is 0 Å². The summed E-state index contributed by atoms with van der Waals surface area (Å²) in [4.78, 5) is 3.53. The van der Waals surface area contributed by atoms with Crippen molar-refractivity contribution in [2.45, 2.75) is 19.1 Å². The van der Waals surface area contributed by atoms with Gasteiger partial charge in [-0.05, 0) is 30.7 Å². The Hall–Kier alpha value is -2.51. The van der Waals surface area contributed by atoms with Gasteiger partial charge in [0.05, 0.1) is 7.11 Å². The van der Waals surface area contributed by atoms with Gasteiger partial charge in [-0.15, -0.1) is 5.10 Å². The topological polar surface area (TPSA) is 52.0 Å². The molecule has 0 aliphatic carbocycles. The number of aromatic nitrogens is 3. The minimum absolute atomic E-state index is 0.0770. The molecule has 1 N–H and O–H groups in total. The van der Waals surface area contributed by atoms with E-state index in [1.807, 2.05) is 0 Å². The first-order valence-corrected chi connectivity index (χ1v) is 6.51. The molecule has 3 rings (SSSR count). The fraction of sp³-hybridized carbons (Fsp3) is 0.286. The number of allylic oxidation sites excluding steroid dienone is 2. The summed E-state index contributed by atoms with van der Waals surface area (Å²) in [5.41, 5.74) is 1.51. The predicted octanol–water partition coefficient (Wildman–Crippen LogP) is 3.22. The number of nitrogens with zero attached hydrogens (tertiary/aromatic N) is 3. The first kappa shape index (κ1) is 14.4. The summed E-state index contributed by atoms with van der Waals surface area (Å²) in [5.74, 6) is -0.405. The Labute approximate surface area is 124 Å². The van der Waals surface area contributed by atoms with E-state index in [1.165, 1.54) is 4.68 Å². The van der Waals surface area contributed by atoms with Crippen LogP contribution in [-0.4, -0.2) is 21.9 Å². The number of anilines is 1. The molecule has 0 spiro atoms. The fourth-order valence-corrected chi connectivity index (χ4v) is 2.29. The number of hydrogen-bond donors (Lipinski definition) is 1. The van der Waals surface area contributed by atoms with E-state index in [0.717, 1.165) is 11.3 Å². The smallest absolute Gasteiger partial charge is 0.453 e. The Bertz CT molecular complexity index is 719. The lowest BCUT2D eigenvalue weighted by Crippen LogP contribution is -2.19. The van der Waals surface area contributed by atoms with Crippen LogP contribution in [0.5, 0.6) is 5.75 Å². The molecule has 1 aliphatic heterocycles. The van der Waals surface area contributed by atoms with Crippen molar-refractivity contribution in [1.82, 2.24) is 14.8 Å². The third-order valence-corrected chi connectivity index (χ3v) is 3.32. The summed E-state index contributed by atoms with van der Waals surface area (Å²) in [5, 5.41) is 6.40. The first-order chi connectivity index (χ1) is 10.4. The largest absolute Gasteiger partial charge is 0.497 e. The van der Waals surface area contributed by atoms with E-state index in [4.69, 9.17) is 4.74 Å². The van der Waals surface area contributed by atoms with Crippen LogP contribution in [0.4, 0.5) is 19.1 Å². The van der Waals surface area contributed by atoms with Crippen molar-refractivity contribution in [3.8, 4) is 5.75 Å². The van der Waals surface area contributed by atoms with E-state index in [0.29, 0.717) is 5.75 Å². The highest BCUT2D eigenvalue weighted by Gasteiger charge is 2.38. The van der Waals surface area contributed by atoms with Crippen molar-refractivity contribution in [3.63, 3.8) is 0 Å². The zero-order chi connectivity index (χ0) is 15.9. The van der Waals surface area contributed by atoms with Gasteiger partial charge in [0.25, 0.3) is 5.82 Å². The molecule has 0 saturated heterocycles. The third kappa shape index (κ3) is 2.51. The zero-order valence-electron chi connectivity index (χ0n) is 11.8. The minimum atomic E-state index is -4.58. The van der Waals surface area contributed by atoms with Crippen LogP contribution in [0.25, 0.3) is 0 Å². The summed E-state index contributed by atoms with van der Waals surface area (Å²) < 4.78 is 44.7. The molecule has 22 heavy (non-hydrogen) atoms. The molecule has 1 atom stereocenters. The Morgan fingerprint density at radius 2 is 1.91 bits per heavy atom. The highest BCUT2D eigenvalue weighted by atomic mass is 19.4. The van der Waals surface area contributed by atoms with Gasteiger partial charge in [-0.25, -0.2) is 4.68 Å². The SMILES string of the molecule is COc1ccc(C2C=C(C)Nc3nc(C(F)(F)F)nn32)cc1. The van der Waals surface area contributed by atoms with E-state index >= 15 is 0 Å². The van der Waals surface area contributed by atoms with Gasteiger partial charge in [0.1, 0.15) is 11.8 Å². The van der Waals surface area contributed by atoms with Crippen molar-refractivity contribution >= 4 is 5.95 Å². The normalized spacial score (nSPS) is 17.5. The van der Waals surface area contributed by atoms with Crippen LogP contribution in [0.3, 0.4) is 0 Å². The van der Waals surface area contributed by atoms with E-state index in [2.05, 4.69) is 15.4 Å². The minimum Gasteiger partial charge on any atom is -0.497 e. The molecule has 5 nitrogen and oxygen atoms in total. The molecule has 2 aromatic rings. The average molecular weight is 310 g/mol. The lowest BCUT2D eigenvalue weighted by Gasteiger charge is -2.22. The second-order valence-corrected chi connectivity index (χ2v) is 4.89. The van der Waals surface area contributed by atoms with Crippen molar-refractivity contribution < 1.29 is 17.9 Å². The van der Waals surface area contributed by atoms with Gasteiger partial charge in [0.15, 0.2) is 0 Å². The molecule has 1 aromatic carbocycles. The molecule has 0 bridgehead atoms. The first-order valence-electron chi connectivity index (χ1n) is 6.51. The number of rotatable bonds is 2. The summed E-state index contributed by atoms with van der Waals surface area (Å²) in [6, 6.07) is 6.63. The molecular formula is C14H13F3N4O. The standard InChI is InChI=1S/C14H13F3N4O/c1-8-7-11(9-3-5-10(22-2)6-4-9)21-13(18-8)19-12(20-21)14(15,16)17/h3-7,11H,1-2H3,(H,18,19,20). The molecule has 0 saturated carbocycles. The highest BCUT2D eigenvalue weighted by Crippen LogP contribution is 2.33. The van der Waals surface area contributed by atoms with Gasteiger partial charge in [-0.2, -0.15) is 18.2 Å². The van der Waals surface area contributed by atoms with Gasteiger partial charge < -0.3 is 10.1 Å². The number of alkyl halides is 3. The molecule has 8 heteroatoms. The van der Waals surface area contributed by atoms with Crippen LogP contribution in [0.1, 0.15) is 24.4 Å². The maximum atomic E-state index is 12.8. The summed E-state index contributed by atoms with van der Waals surface area (Å²) in [6.45, 7) is 1.77.